The number of phenolic OH excluding ortho intramolecular Hbond substituents is 1. The van der Waals surface area contributed by atoms with Crippen LogP contribution in [-0.2, 0) is 0 Å². The number of rotatable bonds is 2. The van der Waals surface area contributed by atoms with Crippen molar-refractivity contribution in [3.05, 3.63) is 56.5 Å². The summed E-state index contributed by atoms with van der Waals surface area (Å²) >= 11 is 14.9. The van der Waals surface area contributed by atoms with Gasteiger partial charge in [-0.2, -0.15) is 0 Å². The molecule has 0 aliphatic heterocycles. The van der Waals surface area contributed by atoms with Gasteiger partial charge < -0.3 is 10.4 Å². The lowest BCUT2D eigenvalue weighted by molar-refractivity contribution is 0.102. The molecule has 0 unspecified atom stereocenters. The Hall–Kier alpha value is -1.23. The highest BCUT2D eigenvalue weighted by Gasteiger charge is 2.13. The summed E-state index contributed by atoms with van der Waals surface area (Å²) in [6.07, 6.45) is 0. The van der Waals surface area contributed by atoms with Crippen molar-refractivity contribution >= 4 is 50.7 Å². The lowest BCUT2D eigenvalue weighted by atomic mass is 10.2. The largest absolute Gasteiger partial charge is 0.507 e. The van der Waals surface area contributed by atoms with Crippen molar-refractivity contribution in [1.29, 1.82) is 0 Å². The maximum Gasteiger partial charge on any atom is 0.259 e. The van der Waals surface area contributed by atoms with Crippen LogP contribution in [0.1, 0.15) is 10.4 Å². The topological polar surface area (TPSA) is 49.3 Å². The third-order valence-corrected chi connectivity index (χ3v) is 3.51. The van der Waals surface area contributed by atoms with Gasteiger partial charge in [-0.05, 0) is 52.3 Å². The van der Waals surface area contributed by atoms with Crippen LogP contribution in [0, 0.1) is 0 Å². The minimum absolute atomic E-state index is 0.106. The Morgan fingerprint density at radius 1 is 1.11 bits per heavy atom. The molecule has 0 fully saturated rings. The molecule has 0 aliphatic rings. The zero-order chi connectivity index (χ0) is 14.0. The van der Waals surface area contributed by atoms with Gasteiger partial charge in [0, 0.05) is 14.5 Å². The number of phenols is 1. The predicted molar refractivity (Wildman–Crippen MR) is 80.2 cm³/mol. The molecule has 0 heterocycles. The van der Waals surface area contributed by atoms with Crippen molar-refractivity contribution in [2.24, 2.45) is 0 Å². The van der Waals surface area contributed by atoms with Gasteiger partial charge in [0.25, 0.3) is 5.91 Å². The molecular weight excluding hydrogens is 353 g/mol. The number of hydrogen-bond acceptors (Lipinski definition) is 2. The highest BCUT2D eigenvalue weighted by Crippen LogP contribution is 2.28. The van der Waals surface area contributed by atoms with Crippen LogP contribution in [0.3, 0.4) is 0 Å². The number of nitrogens with one attached hydrogen (secondary N) is 1. The van der Waals surface area contributed by atoms with E-state index in [0.29, 0.717) is 20.2 Å². The first-order valence-corrected chi connectivity index (χ1v) is 6.77. The molecule has 2 aromatic carbocycles. The fourth-order valence-corrected chi connectivity index (χ4v) is 2.42. The number of halogens is 3. The van der Waals surface area contributed by atoms with E-state index in [9.17, 15) is 9.90 Å². The number of anilines is 1. The Balaban J connectivity index is 2.28. The van der Waals surface area contributed by atoms with Crippen LogP contribution in [0.2, 0.25) is 10.0 Å². The molecule has 98 valence electrons. The number of benzene rings is 2. The quantitative estimate of drug-likeness (QED) is 0.814. The summed E-state index contributed by atoms with van der Waals surface area (Å²) in [7, 11) is 0. The minimum atomic E-state index is -0.456. The number of hydrogen-bond donors (Lipinski definition) is 2. The normalized spacial score (nSPS) is 10.3. The van der Waals surface area contributed by atoms with Gasteiger partial charge in [-0.3, -0.25) is 4.79 Å². The van der Waals surface area contributed by atoms with Crippen molar-refractivity contribution < 1.29 is 9.90 Å². The van der Waals surface area contributed by atoms with E-state index in [0.717, 1.165) is 0 Å². The van der Waals surface area contributed by atoms with E-state index >= 15 is 0 Å². The van der Waals surface area contributed by atoms with Crippen molar-refractivity contribution in [2.75, 3.05) is 5.32 Å². The second-order valence-corrected chi connectivity index (χ2v) is 5.47. The van der Waals surface area contributed by atoms with Gasteiger partial charge >= 0.3 is 0 Å². The van der Waals surface area contributed by atoms with E-state index in [1.165, 1.54) is 18.2 Å². The molecule has 19 heavy (non-hydrogen) atoms. The van der Waals surface area contributed by atoms with E-state index in [4.69, 9.17) is 23.2 Å². The van der Waals surface area contributed by atoms with E-state index in [2.05, 4.69) is 21.2 Å². The first-order chi connectivity index (χ1) is 8.97. The summed E-state index contributed by atoms with van der Waals surface area (Å²) in [6, 6.07) is 9.25. The fourth-order valence-electron chi connectivity index (χ4n) is 1.47. The van der Waals surface area contributed by atoms with E-state index in [1.54, 1.807) is 18.2 Å². The van der Waals surface area contributed by atoms with Crippen LogP contribution in [0.4, 0.5) is 5.69 Å². The van der Waals surface area contributed by atoms with Crippen LogP contribution in [-0.4, -0.2) is 11.0 Å². The molecule has 2 rings (SSSR count). The highest BCUT2D eigenvalue weighted by molar-refractivity contribution is 9.10. The average Bonchev–Trinajstić information content (AvgIpc) is 2.35. The van der Waals surface area contributed by atoms with Crippen molar-refractivity contribution in [3.8, 4) is 5.75 Å². The van der Waals surface area contributed by atoms with Gasteiger partial charge in [-0.1, -0.05) is 23.2 Å². The Bertz CT molecular complexity index is 647. The summed E-state index contributed by atoms with van der Waals surface area (Å²) in [6.45, 7) is 0. The molecule has 0 atom stereocenters. The molecule has 2 aromatic rings. The molecule has 6 heteroatoms. The predicted octanol–water partition coefficient (Wildman–Crippen LogP) is 4.71. The van der Waals surface area contributed by atoms with Crippen LogP contribution in [0.5, 0.6) is 5.75 Å². The third kappa shape index (κ3) is 3.41. The van der Waals surface area contributed by atoms with Crippen molar-refractivity contribution in [1.82, 2.24) is 0 Å². The standard InChI is InChI=1S/C13H8BrCl2NO2/c14-10-6-8(16)1-3-11(10)17-13(19)9-5-7(15)2-4-12(9)18/h1-6,18H,(H,17,19). The molecular formula is C13H8BrCl2NO2. The summed E-state index contributed by atoms with van der Waals surface area (Å²) < 4.78 is 0.648. The molecule has 0 aromatic heterocycles. The molecule has 3 nitrogen and oxygen atoms in total. The van der Waals surface area contributed by atoms with Crippen molar-refractivity contribution in [2.45, 2.75) is 0 Å². The van der Waals surface area contributed by atoms with Gasteiger partial charge in [0.15, 0.2) is 0 Å². The van der Waals surface area contributed by atoms with Gasteiger partial charge in [-0.15, -0.1) is 0 Å². The molecule has 0 radical (unpaired) electrons. The Kier molecular flexibility index (Phi) is 4.34. The second kappa shape index (κ2) is 5.82. The number of carbonyl (C=O) groups excluding carboxylic acids is 1. The SMILES string of the molecule is O=C(Nc1ccc(Cl)cc1Br)c1cc(Cl)ccc1O. The highest BCUT2D eigenvalue weighted by atomic mass is 79.9. The molecule has 0 bridgehead atoms. The summed E-state index contributed by atoms with van der Waals surface area (Å²) in [5, 5.41) is 13.2. The molecule has 2 N–H and O–H groups in total. The first-order valence-electron chi connectivity index (χ1n) is 5.22. The monoisotopic (exact) mass is 359 g/mol. The molecule has 0 spiro atoms. The molecule has 0 aliphatic carbocycles. The Labute approximate surface area is 128 Å². The third-order valence-electron chi connectivity index (χ3n) is 2.38. The lowest BCUT2D eigenvalue weighted by Gasteiger charge is -2.09. The van der Waals surface area contributed by atoms with Crippen LogP contribution < -0.4 is 5.32 Å². The van der Waals surface area contributed by atoms with Crippen LogP contribution in [0.15, 0.2) is 40.9 Å². The first kappa shape index (κ1) is 14.2. The maximum atomic E-state index is 12.0. The summed E-state index contributed by atoms with van der Waals surface area (Å²) in [5.74, 6) is -0.588. The zero-order valence-corrected chi connectivity index (χ0v) is 12.6. The summed E-state index contributed by atoms with van der Waals surface area (Å²) in [5.41, 5.74) is 0.656. The van der Waals surface area contributed by atoms with E-state index in [-0.39, 0.29) is 11.3 Å². The number of aromatic hydroxyl groups is 1. The zero-order valence-electron chi connectivity index (χ0n) is 9.45. The lowest BCUT2D eigenvalue weighted by Crippen LogP contribution is -2.12. The Morgan fingerprint density at radius 2 is 1.74 bits per heavy atom. The van der Waals surface area contributed by atoms with E-state index in [1.807, 2.05) is 0 Å². The minimum Gasteiger partial charge on any atom is -0.507 e. The maximum absolute atomic E-state index is 12.0. The number of carbonyl (C=O) groups is 1. The van der Waals surface area contributed by atoms with Crippen molar-refractivity contribution in [3.63, 3.8) is 0 Å². The second-order valence-electron chi connectivity index (χ2n) is 3.74. The molecule has 0 saturated carbocycles. The molecule has 0 saturated heterocycles. The van der Waals surface area contributed by atoms with Crippen LogP contribution in [0.25, 0.3) is 0 Å². The van der Waals surface area contributed by atoms with E-state index < -0.39 is 5.91 Å². The van der Waals surface area contributed by atoms with Gasteiger partial charge in [0.05, 0.1) is 11.3 Å². The molecule has 1 amide bonds. The average molecular weight is 361 g/mol. The fraction of sp³-hybridized carbons (Fsp3) is 0. The van der Waals surface area contributed by atoms with Gasteiger partial charge in [0.1, 0.15) is 5.75 Å². The van der Waals surface area contributed by atoms with Crippen LogP contribution >= 0.6 is 39.1 Å². The van der Waals surface area contributed by atoms with Gasteiger partial charge in [-0.25, -0.2) is 0 Å². The number of amides is 1. The Morgan fingerprint density at radius 3 is 2.42 bits per heavy atom. The summed E-state index contributed by atoms with van der Waals surface area (Å²) in [4.78, 5) is 12.0. The van der Waals surface area contributed by atoms with Gasteiger partial charge in [0.2, 0.25) is 0 Å². The smallest absolute Gasteiger partial charge is 0.259 e.